The second kappa shape index (κ2) is 5.92. The zero-order valence-corrected chi connectivity index (χ0v) is 14.9. The molecule has 0 unspecified atom stereocenters. The molecule has 4 nitrogen and oxygen atoms in total. The fourth-order valence-corrected chi connectivity index (χ4v) is 4.45. The summed E-state index contributed by atoms with van der Waals surface area (Å²) in [6, 6.07) is 11.7. The van der Waals surface area contributed by atoms with Crippen molar-refractivity contribution in [3.8, 4) is 10.6 Å². The first kappa shape index (κ1) is 14.6. The summed E-state index contributed by atoms with van der Waals surface area (Å²) in [6.45, 7) is 0. The number of thiophene rings is 1. The highest BCUT2D eigenvalue weighted by Crippen LogP contribution is 2.33. The number of H-pyrrole nitrogens is 1. The molecule has 0 atom stereocenters. The monoisotopic (exact) mass is 403 g/mol. The van der Waals surface area contributed by atoms with E-state index in [1.807, 2.05) is 41.8 Å². The van der Waals surface area contributed by atoms with E-state index in [9.17, 15) is 4.79 Å². The molecule has 0 saturated carbocycles. The molecular weight excluding hydrogens is 394 g/mol. The maximum absolute atomic E-state index is 12.5. The highest BCUT2D eigenvalue weighted by atomic mass is 79.9. The van der Waals surface area contributed by atoms with Gasteiger partial charge in [0.15, 0.2) is 5.13 Å². The Labute approximate surface area is 148 Å². The van der Waals surface area contributed by atoms with Gasteiger partial charge in [-0.25, -0.2) is 4.98 Å². The van der Waals surface area contributed by atoms with Crippen molar-refractivity contribution in [2.24, 2.45) is 0 Å². The average molecular weight is 404 g/mol. The molecule has 0 saturated heterocycles. The Kier molecular flexibility index (Phi) is 3.76. The predicted octanol–water partition coefficient (Wildman–Crippen LogP) is 5.37. The third-order valence-corrected chi connectivity index (χ3v) is 5.79. The Hall–Kier alpha value is -1.96. The smallest absolute Gasteiger partial charge is 0.259 e. The van der Waals surface area contributed by atoms with Crippen LogP contribution in [0.3, 0.4) is 0 Å². The Morgan fingerprint density at radius 2 is 2.09 bits per heavy atom. The van der Waals surface area contributed by atoms with Gasteiger partial charge in [-0.05, 0) is 34.1 Å². The van der Waals surface area contributed by atoms with Gasteiger partial charge in [0, 0.05) is 22.5 Å². The number of anilines is 1. The molecule has 1 aromatic carbocycles. The SMILES string of the molecule is O=C(Nc1nc(-c2ccc(Br)s2)cs1)c1c[nH]c2ccccc12. The van der Waals surface area contributed by atoms with Crippen LogP contribution in [0.25, 0.3) is 21.5 Å². The minimum absolute atomic E-state index is 0.157. The summed E-state index contributed by atoms with van der Waals surface area (Å²) in [7, 11) is 0. The first-order valence-corrected chi connectivity index (χ1v) is 9.28. The summed E-state index contributed by atoms with van der Waals surface area (Å²) >= 11 is 6.49. The molecule has 1 amide bonds. The van der Waals surface area contributed by atoms with Crippen LogP contribution >= 0.6 is 38.6 Å². The molecule has 0 radical (unpaired) electrons. The van der Waals surface area contributed by atoms with Gasteiger partial charge in [0.1, 0.15) is 0 Å². The Morgan fingerprint density at radius 1 is 1.22 bits per heavy atom. The maximum Gasteiger partial charge on any atom is 0.259 e. The standard InChI is InChI=1S/C16H10BrN3OS2/c17-14-6-5-13(23-14)12-8-22-16(19-12)20-15(21)10-7-18-11-4-2-1-3-9(10)11/h1-8,18H,(H,19,20,21). The van der Waals surface area contributed by atoms with Gasteiger partial charge in [-0.1, -0.05) is 18.2 Å². The van der Waals surface area contributed by atoms with Gasteiger partial charge in [0.2, 0.25) is 0 Å². The molecule has 3 aromatic heterocycles. The number of carbonyl (C=O) groups is 1. The number of halogens is 1. The molecule has 3 heterocycles. The molecule has 4 rings (SSSR count). The van der Waals surface area contributed by atoms with Crippen molar-refractivity contribution in [3.05, 3.63) is 57.3 Å². The quantitative estimate of drug-likeness (QED) is 0.483. The van der Waals surface area contributed by atoms with Crippen molar-refractivity contribution >= 4 is 60.5 Å². The zero-order valence-electron chi connectivity index (χ0n) is 11.7. The van der Waals surface area contributed by atoms with Crippen LogP contribution in [0.2, 0.25) is 0 Å². The van der Waals surface area contributed by atoms with Gasteiger partial charge >= 0.3 is 0 Å². The van der Waals surface area contributed by atoms with Crippen molar-refractivity contribution in [3.63, 3.8) is 0 Å². The highest BCUT2D eigenvalue weighted by molar-refractivity contribution is 9.11. The van der Waals surface area contributed by atoms with E-state index in [2.05, 4.69) is 31.2 Å². The Balaban J connectivity index is 1.58. The third-order valence-electron chi connectivity index (χ3n) is 3.38. The lowest BCUT2D eigenvalue weighted by molar-refractivity contribution is 0.102. The van der Waals surface area contributed by atoms with Gasteiger partial charge in [-0.2, -0.15) is 0 Å². The number of hydrogen-bond donors (Lipinski definition) is 2. The van der Waals surface area contributed by atoms with Gasteiger partial charge in [-0.15, -0.1) is 22.7 Å². The number of fused-ring (bicyclic) bond motifs is 1. The molecule has 23 heavy (non-hydrogen) atoms. The summed E-state index contributed by atoms with van der Waals surface area (Å²) in [5.74, 6) is -0.157. The van der Waals surface area contributed by atoms with Crippen LogP contribution in [0, 0.1) is 0 Å². The number of para-hydroxylation sites is 1. The van der Waals surface area contributed by atoms with Gasteiger partial charge in [0.25, 0.3) is 5.91 Å². The van der Waals surface area contributed by atoms with Gasteiger partial charge in [-0.3, -0.25) is 10.1 Å². The fourth-order valence-electron chi connectivity index (χ4n) is 2.32. The van der Waals surface area contributed by atoms with Crippen molar-refractivity contribution in [2.75, 3.05) is 5.32 Å². The van der Waals surface area contributed by atoms with E-state index in [-0.39, 0.29) is 5.91 Å². The van der Waals surface area contributed by atoms with Crippen molar-refractivity contribution in [2.45, 2.75) is 0 Å². The molecular formula is C16H10BrN3OS2. The fraction of sp³-hybridized carbons (Fsp3) is 0. The van der Waals surface area contributed by atoms with E-state index in [1.165, 1.54) is 11.3 Å². The lowest BCUT2D eigenvalue weighted by Gasteiger charge is -1.99. The lowest BCUT2D eigenvalue weighted by Crippen LogP contribution is -2.11. The van der Waals surface area contributed by atoms with E-state index >= 15 is 0 Å². The maximum atomic E-state index is 12.5. The minimum Gasteiger partial charge on any atom is -0.360 e. The summed E-state index contributed by atoms with van der Waals surface area (Å²) in [6.07, 6.45) is 1.73. The second-order valence-corrected chi connectivity index (χ2v) is 8.16. The topological polar surface area (TPSA) is 57.8 Å². The first-order chi connectivity index (χ1) is 11.2. The Morgan fingerprint density at radius 3 is 2.91 bits per heavy atom. The molecule has 0 spiro atoms. The summed E-state index contributed by atoms with van der Waals surface area (Å²) in [5, 5.41) is 6.33. The molecule has 0 aliphatic carbocycles. The number of hydrogen-bond acceptors (Lipinski definition) is 4. The van der Waals surface area contributed by atoms with E-state index < -0.39 is 0 Å². The molecule has 2 N–H and O–H groups in total. The van der Waals surface area contributed by atoms with E-state index in [0.29, 0.717) is 10.7 Å². The predicted molar refractivity (Wildman–Crippen MR) is 99.4 cm³/mol. The number of aromatic nitrogens is 2. The first-order valence-electron chi connectivity index (χ1n) is 6.79. The summed E-state index contributed by atoms with van der Waals surface area (Å²) in [5.41, 5.74) is 2.44. The van der Waals surface area contributed by atoms with Crippen molar-refractivity contribution in [1.29, 1.82) is 0 Å². The van der Waals surface area contributed by atoms with Crippen LogP contribution in [0.15, 0.2) is 51.8 Å². The zero-order chi connectivity index (χ0) is 15.8. The van der Waals surface area contributed by atoms with Crippen LogP contribution < -0.4 is 5.32 Å². The van der Waals surface area contributed by atoms with E-state index in [0.717, 1.165) is 25.3 Å². The average Bonchev–Trinajstić information content (AvgIpc) is 3.25. The largest absolute Gasteiger partial charge is 0.360 e. The Bertz CT molecular complexity index is 1000. The van der Waals surface area contributed by atoms with Crippen molar-refractivity contribution in [1.82, 2.24) is 9.97 Å². The second-order valence-electron chi connectivity index (χ2n) is 4.84. The van der Waals surface area contributed by atoms with Crippen LogP contribution in [0.1, 0.15) is 10.4 Å². The number of nitrogens with one attached hydrogen (secondary N) is 2. The lowest BCUT2D eigenvalue weighted by atomic mass is 10.2. The molecule has 7 heteroatoms. The highest BCUT2D eigenvalue weighted by Gasteiger charge is 2.14. The number of thiazole rings is 1. The third kappa shape index (κ3) is 2.83. The van der Waals surface area contributed by atoms with Crippen LogP contribution in [-0.2, 0) is 0 Å². The van der Waals surface area contributed by atoms with Crippen LogP contribution in [0.4, 0.5) is 5.13 Å². The number of aromatic amines is 1. The number of nitrogens with zero attached hydrogens (tertiary/aromatic N) is 1. The number of benzene rings is 1. The number of carbonyl (C=O) groups excluding carboxylic acids is 1. The molecule has 114 valence electrons. The van der Waals surface area contributed by atoms with Gasteiger partial charge < -0.3 is 4.98 Å². The van der Waals surface area contributed by atoms with E-state index in [1.54, 1.807) is 17.5 Å². The van der Waals surface area contributed by atoms with Crippen LogP contribution in [0.5, 0.6) is 0 Å². The molecule has 0 aliphatic rings. The molecule has 4 aromatic rings. The summed E-state index contributed by atoms with van der Waals surface area (Å²) < 4.78 is 1.06. The van der Waals surface area contributed by atoms with E-state index in [4.69, 9.17) is 0 Å². The number of amides is 1. The van der Waals surface area contributed by atoms with Crippen molar-refractivity contribution < 1.29 is 4.79 Å². The molecule has 0 fully saturated rings. The van der Waals surface area contributed by atoms with Crippen LogP contribution in [-0.4, -0.2) is 15.9 Å². The normalized spacial score (nSPS) is 11.0. The molecule has 0 bridgehead atoms. The summed E-state index contributed by atoms with van der Waals surface area (Å²) in [4.78, 5) is 21.1. The molecule has 0 aliphatic heterocycles. The number of rotatable bonds is 3. The minimum atomic E-state index is -0.157. The van der Waals surface area contributed by atoms with Gasteiger partial charge in [0.05, 0.1) is 19.9 Å².